The number of nitrogens with zero attached hydrogens (tertiary/aromatic N) is 1. The molecule has 1 aromatic carbocycles. The molecule has 0 spiro atoms. The summed E-state index contributed by atoms with van der Waals surface area (Å²) in [6.07, 6.45) is 2.13. The molecule has 2 aliphatic rings. The van der Waals surface area contributed by atoms with Crippen molar-refractivity contribution in [1.82, 2.24) is 15.2 Å². The third-order valence-electron chi connectivity index (χ3n) is 5.78. The van der Waals surface area contributed by atoms with Crippen LogP contribution in [-0.2, 0) is 20.7 Å². The Balaban J connectivity index is 1.53. The Morgan fingerprint density at radius 3 is 2.83 bits per heavy atom. The van der Waals surface area contributed by atoms with Gasteiger partial charge in [0.1, 0.15) is 12.1 Å². The highest BCUT2D eigenvalue weighted by molar-refractivity contribution is 5.98. The van der Waals surface area contributed by atoms with Gasteiger partial charge in [-0.25, -0.2) is 4.79 Å². The standard InChI is InChI=1S/C21H19N3O5/c1-28-21(27)16-9-12-11-5-2-3-6-13(11)22-18(12)15-10-14(20(26)24(15)16)23-19(25)17-7-4-8-29-17/h2-8,14-16,22H,9-10H2,1H3,(H,23,25)/t14-,15+,16-/m0/s1. The Kier molecular flexibility index (Phi) is 3.94. The quantitative estimate of drug-likeness (QED) is 0.662. The van der Waals surface area contributed by atoms with Gasteiger partial charge in [0.05, 0.1) is 19.4 Å². The van der Waals surface area contributed by atoms with E-state index < -0.39 is 24.0 Å². The molecule has 3 atom stereocenters. The fourth-order valence-electron chi connectivity index (χ4n) is 4.51. The number of para-hydroxylation sites is 1. The number of rotatable bonds is 3. The molecule has 1 fully saturated rings. The van der Waals surface area contributed by atoms with Gasteiger partial charge in [0, 0.05) is 29.4 Å². The van der Waals surface area contributed by atoms with Gasteiger partial charge in [-0.1, -0.05) is 18.2 Å². The minimum Gasteiger partial charge on any atom is -0.467 e. The zero-order chi connectivity index (χ0) is 20.1. The number of furan rings is 1. The number of methoxy groups -OCH3 is 1. The van der Waals surface area contributed by atoms with Crippen LogP contribution in [0.4, 0.5) is 0 Å². The van der Waals surface area contributed by atoms with E-state index in [0.717, 1.165) is 22.2 Å². The Morgan fingerprint density at radius 2 is 2.07 bits per heavy atom. The number of hydrogen-bond donors (Lipinski definition) is 2. The first-order chi connectivity index (χ1) is 14.1. The molecular formula is C21H19N3O5. The highest BCUT2D eigenvalue weighted by Gasteiger charge is 2.51. The summed E-state index contributed by atoms with van der Waals surface area (Å²) in [5.74, 6) is -1.08. The van der Waals surface area contributed by atoms with E-state index in [-0.39, 0.29) is 17.7 Å². The second-order valence-corrected chi connectivity index (χ2v) is 7.31. The van der Waals surface area contributed by atoms with Crippen molar-refractivity contribution in [3.8, 4) is 0 Å². The number of ether oxygens (including phenoxy) is 1. The lowest BCUT2D eigenvalue weighted by Gasteiger charge is -2.35. The number of carbonyl (C=O) groups excluding carboxylic acids is 3. The van der Waals surface area contributed by atoms with Crippen LogP contribution in [0.2, 0.25) is 0 Å². The van der Waals surface area contributed by atoms with Gasteiger partial charge in [-0.15, -0.1) is 0 Å². The molecule has 0 bridgehead atoms. The number of benzene rings is 1. The fourth-order valence-corrected chi connectivity index (χ4v) is 4.51. The zero-order valence-electron chi connectivity index (χ0n) is 15.7. The van der Waals surface area contributed by atoms with Crippen molar-refractivity contribution in [2.24, 2.45) is 0 Å². The second-order valence-electron chi connectivity index (χ2n) is 7.31. The largest absolute Gasteiger partial charge is 0.467 e. The normalized spacial score (nSPS) is 23.0. The summed E-state index contributed by atoms with van der Waals surface area (Å²) in [5.41, 5.74) is 2.89. The number of hydrogen-bond acceptors (Lipinski definition) is 5. The first-order valence-electron chi connectivity index (χ1n) is 9.42. The number of amides is 2. The van der Waals surface area contributed by atoms with Crippen molar-refractivity contribution in [1.29, 1.82) is 0 Å². The molecule has 2 N–H and O–H groups in total. The smallest absolute Gasteiger partial charge is 0.328 e. The van der Waals surface area contributed by atoms with Gasteiger partial charge in [0.2, 0.25) is 5.91 Å². The summed E-state index contributed by atoms with van der Waals surface area (Å²) in [7, 11) is 1.32. The topological polar surface area (TPSA) is 105 Å². The molecule has 148 valence electrons. The molecular weight excluding hydrogens is 374 g/mol. The van der Waals surface area contributed by atoms with Crippen LogP contribution in [0.25, 0.3) is 10.9 Å². The second kappa shape index (κ2) is 6.51. The van der Waals surface area contributed by atoms with E-state index in [1.807, 2.05) is 24.3 Å². The third-order valence-corrected chi connectivity index (χ3v) is 5.78. The van der Waals surface area contributed by atoms with E-state index in [1.165, 1.54) is 19.4 Å². The number of nitrogens with one attached hydrogen (secondary N) is 2. The SMILES string of the molecule is COC(=O)[C@@H]1Cc2c([nH]c3ccccc23)[C@H]2C[C@H](NC(=O)c3ccco3)C(=O)N21. The molecule has 29 heavy (non-hydrogen) atoms. The van der Waals surface area contributed by atoms with Crippen molar-refractivity contribution in [2.45, 2.75) is 31.0 Å². The summed E-state index contributed by atoms with van der Waals surface area (Å²) in [4.78, 5) is 43.0. The zero-order valence-corrected chi connectivity index (χ0v) is 15.7. The molecule has 5 rings (SSSR count). The lowest BCUT2D eigenvalue weighted by Crippen LogP contribution is -2.50. The minimum absolute atomic E-state index is 0.137. The summed E-state index contributed by atoms with van der Waals surface area (Å²) in [6, 6.07) is 9.18. The van der Waals surface area contributed by atoms with E-state index in [9.17, 15) is 14.4 Å². The van der Waals surface area contributed by atoms with E-state index in [4.69, 9.17) is 9.15 Å². The average molecular weight is 393 g/mol. The predicted octanol–water partition coefficient (Wildman–Crippen LogP) is 1.93. The van der Waals surface area contributed by atoms with Crippen molar-refractivity contribution in [3.63, 3.8) is 0 Å². The lowest BCUT2D eigenvalue weighted by molar-refractivity contribution is -0.153. The van der Waals surface area contributed by atoms with Crippen LogP contribution in [0.15, 0.2) is 47.1 Å². The molecule has 8 heteroatoms. The maximum Gasteiger partial charge on any atom is 0.328 e. The van der Waals surface area contributed by atoms with Crippen LogP contribution in [0.1, 0.15) is 34.3 Å². The molecule has 1 saturated heterocycles. The molecule has 0 unspecified atom stereocenters. The number of aromatic nitrogens is 1. The summed E-state index contributed by atoms with van der Waals surface area (Å²) >= 11 is 0. The highest BCUT2D eigenvalue weighted by atomic mass is 16.5. The molecule has 8 nitrogen and oxygen atoms in total. The average Bonchev–Trinajstić information content (AvgIpc) is 3.45. The molecule has 0 aliphatic carbocycles. The molecule has 0 radical (unpaired) electrons. The van der Waals surface area contributed by atoms with Crippen LogP contribution in [0.3, 0.4) is 0 Å². The summed E-state index contributed by atoms with van der Waals surface area (Å²) < 4.78 is 10.1. The van der Waals surface area contributed by atoms with Gasteiger partial charge in [0.15, 0.2) is 5.76 Å². The molecule has 0 saturated carbocycles. The predicted molar refractivity (Wildman–Crippen MR) is 102 cm³/mol. The van der Waals surface area contributed by atoms with Crippen molar-refractivity contribution >= 4 is 28.7 Å². The Hall–Kier alpha value is -3.55. The van der Waals surface area contributed by atoms with Crippen molar-refractivity contribution in [3.05, 3.63) is 59.7 Å². The molecule has 2 aromatic heterocycles. The Labute approximate surface area is 165 Å². The Bertz CT molecular complexity index is 1120. The lowest BCUT2D eigenvalue weighted by atomic mass is 9.92. The van der Waals surface area contributed by atoms with Gasteiger partial charge >= 0.3 is 5.97 Å². The maximum atomic E-state index is 13.2. The first-order valence-corrected chi connectivity index (χ1v) is 9.42. The van der Waals surface area contributed by atoms with Crippen LogP contribution in [0.5, 0.6) is 0 Å². The highest BCUT2D eigenvalue weighted by Crippen LogP contribution is 2.43. The van der Waals surface area contributed by atoms with Crippen LogP contribution >= 0.6 is 0 Å². The molecule has 3 aromatic rings. The van der Waals surface area contributed by atoms with E-state index >= 15 is 0 Å². The van der Waals surface area contributed by atoms with Gasteiger partial charge in [-0.3, -0.25) is 9.59 Å². The van der Waals surface area contributed by atoms with Crippen LogP contribution in [-0.4, -0.2) is 46.9 Å². The third kappa shape index (κ3) is 2.63. The van der Waals surface area contributed by atoms with Crippen molar-refractivity contribution in [2.75, 3.05) is 7.11 Å². The number of H-pyrrole nitrogens is 1. The van der Waals surface area contributed by atoms with E-state index in [2.05, 4.69) is 10.3 Å². The van der Waals surface area contributed by atoms with Crippen LogP contribution < -0.4 is 5.32 Å². The monoisotopic (exact) mass is 393 g/mol. The van der Waals surface area contributed by atoms with Gasteiger partial charge < -0.3 is 24.4 Å². The number of esters is 1. The molecule has 4 heterocycles. The molecule has 2 aliphatic heterocycles. The minimum atomic E-state index is -0.748. The summed E-state index contributed by atoms with van der Waals surface area (Å²) in [6.45, 7) is 0. The van der Waals surface area contributed by atoms with Crippen molar-refractivity contribution < 1.29 is 23.5 Å². The van der Waals surface area contributed by atoms with Gasteiger partial charge in [0.25, 0.3) is 5.91 Å². The maximum absolute atomic E-state index is 13.2. The van der Waals surface area contributed by atoms with Gasteiger partial charge in [-0.2, -0.15) is 0 Å². The van der Waals surface area contributed by atoms with Crippen LogP contribution in [0, 0.1) is 0 Å². The molecule has 2 amide bonds. The number of fused-ring (bicyclic) bond motifs is 5. The first kappa shape index (κ1) is 17.5. The summed E-state index contributed by atoms with van der Waals surface area (Å²) in [5, 5.41) is 3.77. The fraction of sp³-hybridized carbons (Fsp3) is 0.286. The van der Waals surface area contributed by atoms with Gasteiger partial charge in [-0.05, 0) is 23.8 Å². The number of aromatic amines is 1. The Morgan fingerprint density at radius 1 is 1.24 bits per heavy atom. The number of carbonyl (C=O) groups is 3. The van der Waals surface area contributed by atoms with E-state index in [0.29, 0.717) is 12.8 Å². The van der Waals surface area contributed by atoms with E-state index in [1.54, 1.807) is 11.0 Å².